The molecule has 4 saturated carbocycles. The van der Waals surface area contributed by atoms with E-state index in [0.717, 1.165) is 19.3 Å². The summed E-state index contributed by atoms with van der Waals surface area (Å²) in [5, 5.41) is -5.53. The predicted molar refractivity (Wildman–Crippen MR) is 102 cm³/mol. The summed E-state index contributed by atoms with van der Waals surface area (Å²) in [7, 11) is -6.55. The maximum atomic E-state index is 14.6. The van der Waals surface area contributed by atoms with Crippen molar-refractivity contribution in [2.75, 3.05) is 13.2 Å². The van der Waals surface area contributed by atoms with Gasteiger partial charge in [0, 0.05) is 12.0 Å². The summed E-state index contributed by atoms with van der Waals surface area (Å²) in [5.41, 5.74) is -1.61. The molecule has 5 fully saturated rings. The van der Waals surface area contributed by atoms with Crippen LogP contribution in [0.3, 0.4) is 0 Å². The van der Waals surface area contributed by atoms with Crippen LogP contribution in [0.4, 0.5) is 22.0 Å². The smallest absolute Gasteiger partial charge is 0.411 e. The van der Waals surface area contributed by atoms with Crippen LogP contribution in [0, 0.1) is 17.8 Å². The van der Waals surface area contributed by atoms with Crippen LogP contribution in [0.15, 0.2) is 0 Å². The van der Waals surface area contributed by atoms with Crippen molar-refractivity contribution in [2.45, 2.75) is 87.1 Å². The van der Waals surface area contributed by atoms with Crippen molar-refractivity contribution >= 4 is 16.0 Å². The number of nitrogens with zero attached hydrogens (tertiary/aromatic N) is 1. The summed E-state index contributed by atoms with van der Waals surface area (Å²) >= 11 is 0. The predicted octanol–water partition coefficient (Wildman–Crippen LogP) is 3.40. The van der Waals surface area contributed by atoms with E-state index in [1.54, 1.807) is 0 Å². The molecule has 5 aliphatic rings. The lowest BCUT2D eigenvalue weighted by atomic mass is 9.52. The maximum absolute atomic E-state index is 14.6. The van der Waals surface area contributed by atoms with Crippen LogP contribution in [-0.4, -0.2) is 65.8 Å². The number of rotatable bonds is 6. The van der Waals surface area contributed by atoms with Crippen LogP contribution in [0.1, 0.15) is 58.3 Å². The van der Waals surface area contributed by atoms with Crippen molar-refractivity contribution in [1.29, 1.82) is 0 Å². The average Bonchev–Trinajstić information content (AvgIpc) is 2.65. The summed E-state index contributed by atoms with van der Waals surface area (Å²) in [4.78, 5) is 13.0. The fourth-order valence-corrected chi connectivity index (χ4v) is 7.11. The van der Waals surface area contributed by atoms with E-state index in [9.17, 15) is 39.7 Å². The van der Waals surface area contributed by atoms with E-state index in [0.29, 0.717) is 6.42 Å². The van der Waals surface area contributed by atoms with E-state index in [1.807, 2.05) is 0 Å². The highest BCUT2D eigenvalue weighted by atomic mass is 32.2. The van der Waals surface area contributed by atoms with E-state index in [1.165, 1.54) is 6.92 Å². The number of alkyl halides is 5. The van der Waals surface area contributed by atoms with Gasteiger partial charge in [-0.3, -0.25) is 4.79 Å². The summed E-state index contributed by atoms with van der Waals surface area (Å²) in [6.07, 6.45) is -3.40. The van der Waals surface area contributed by atoms with Gasteiger partial charge in [-0.05, 0) is 69.6 Å². The number of amides is 1. The molecule has 1 amide bonds. The first-order valence-electron chi connectivity index (χ1n) is 11.1. The molecule has 13 heteroatoms. The highest BCUT2D eigenvalue weighted by molar-refractivity contribution is 7.87. The second-order valence-corrected chi connectivity index (χ2v) is 11.7. The third kappa shape index (κ3) is 4.50. The van der Waals surface area contributed by atoms with E-state index >= 15 is 0 Å². The van der Waals surface area contributed by atoms with Gasteiger partial charge in [-0.1, -0.05) is 0 Å². The van der Waals surface area contributed by atoms with Crippen molar-refractivity contribution in [2.24, 2.45) is 17.8 Å². The lowest BCUT2D eigenvalue weighted by molar-refractivity contribution is -0.291. The normalized spacial score (nSPS) is 34.8. The molecule has 0 aromatic carbocycles. The Hall–Kier alpha value is -1.05. The first kappa shape index (κ1) is 25.1. The Morgan fingerprint density at radius 2 is 1.48 bits per heavy atom. The lowest BCUT2D eigenvalue weighted by Crippen LogP contribution is -2.70. The first-order chi connectivity index (χ1) is 15.1. The van der Waals surface area contributed by atoms with Crippen molar-refractivity contribution in [3.8, 4) is 0 Å². The fourth-order valence-electron chi connectivity index (χ4n) is 6.79. The number of hydrogen-bond acceptors (Lipinski definition) is 6. The van der Waals surface area contributed by atoms with E-state index in [-0.39, 0.29) is 55.1 Å². The quantitative estimate of drug-likeness (QED) is 0.407. The van der Waals surface area contributed by atoms with Crippen LogP contribution in [0.25, 0.3) is 0 Å². The summed E-state index contributed by atoms with van der Waals surface area (Å²) < 4.78 is 117. The molecule has 33 heavy (non-hydrogen) atoms. The topological polar surface area (TPSA) is 96.0 Å². The van der Waals surface area contributed by atoms with Gasteiger partial charge >= 0.3 is 17.3 Å². The summed E-state index contributed by atoms with van der Waals surface area (Å²) in [6.45, 7) is 1.39. The van der Waals surface area contributed by atoms with Gasteiger partial charge in [0.05, 0.1) is 13.2 Å². The lowest BCUT2D eigenvalue weighted by Gasteiger charge is -2.62. The van der Waals surface area contributed by atoms with Gasteiger partial charge in [0.2, 0.25) is 0 Å². The molecule has 190 valence electrons. The molecule has 5 rings (SSSR count). The van der Waals surface area contributed by atoms with Gasteiger partial charge in [0.1, 0.15) is 6.04 Å². The second kappa shape index (κ2) is 7.99. The minimum absolute atomic E-state index is 0.0134. The van der Waals surface area contributed by atoms with Crippen molar-refractivity contribution in [3.05, 3.63) is 0 Å². The number of carbonyl (C=O) groups excluding carboxylic acids is 1. The molecule has 0 N–H and O–H groups in total. The Morgan fingerprint density at radius 1 is 1.03 bits per heavy atom. The molecule has 0 radical (unpaired) electrons. The molecule has 4 bridgehead atoms. The summed E-state index contributed by atoms with van der Waals surface area (Å²) in [6, 6.07) is -2.81. The van der Waals surface area contributed by atoms with Crippen LogP contribution >= 0.6 is 0 Å². The Morgan fingerprint density at radius 3 is 1.88 bits per heavy atom. The zero-order valence-electron chi connectivity index (χ0n) is 18.1. The summed E-state index contributed by atoms with van der Waals surface area (Å²) in [5.74, 6) is -4.56. The SMILES string of the molecule is CC1(CC(N(C(=O)C(F)(F)S(=O)(=O)[O-])C23CC4CC(CC(C4)C2)C3)C(F)(F)F)OCCCO1. The highest BCUT2D eigenvalue weighted by Crippen LogP contribution is 2.59. The molecule has 7 nitrogen and oxygen atoms in total. The van der Waals surface area contributed by atoms with Crippen LogP contribution in [-0.2, 0) is 24.4 Å². The molecule has 1 saturated heterocycles. The Labute approximate surface area is 188 Å². The van der Waals surface area contributed by atoms with Crippen molar-refractivity contribution in [3.63, 3.8) is 0 Å². The van der Waals surface area contributed by atoms with Gasteiger partial charge < -0.3 is 18.9 Å². The number of hydrogen-bond donors (Lipinski definition) is 0. The van der Waals surface area contributed by atoms with Gasteiger partial charge in [-0.25, -0.2) is 8.42 Å². The number of ether oxygens (including phenoxy) is 2. The molecule has 1 atom stereocenters. The fraction of sp³-hybridized carbons (Fsp3) is 0.950. The van der Waals surface area contributed by atoms with E-state index in [4.69, 9.17) is 9.47 Å². The number of halogens is 5. The van der Waals surface area contributed by atoms with Gasteiger partial charge in [0.25, 0.3) is 0 Å². The maximum Gasteiger partial charge on any atom is 0.411 e. The van der Waals surface area contributed by atoms with E-state index in [2.05, 4.69) is 0 Å². The van der Waals surface area contributed by atoms with Gasteiger partial charge in [-0.2, -0.15) is 22.0 Å². The van der Waals surface area contributed by atoms with Gasteiger partial charge in [-0.15, -0.1) is 0 Å². The monoisotopic (exact) mass is 504 g/mol. The molecule has 0 spiro atoms. The van der Waals surface area contributed by atoms with Crippen LogP contribution in [0.5, 0.6) is 0 Å². The molecule has 1 unspecified atom stereocenters. The average molecular weight is 504 g/mol. The second-order valence-electron chi connectivity index (χ2n) is 10.2. The molecule has 0 aromatic rings. The molecular weight excluding hydrogens is 477 g/mol. The van der Waals surface area contributed by atoms with Crippen LogP contribution in [0.2, 0.25) is 0 Å². The van der Waals surface area contributed by atoms with Crippen molar-refractivity contribution < 1.29 is 49.2 Å². The van der Waals surface area contributed by atoms with Gasteiger partial charge in [0.15, 0.2) is 15.9 Å². The van der Waals surface area contributed by atoms with Crippen molar-refractivity contribution in [1.82, 2.24) is 4.90 Å². The zero-order valence-corrected chi connectivity index (χ0v) is 18.9. The van der Waals surface area contributed by atoms with Crippen LogP contribution < -0.4 is 0 Å². The largest absolute Gasteiger partial charge is 0.743 e. The standard InChI is InChI=1S/C20H28F5NO6S/c1-17(31-3-2-4-32-17)11-15(19(21,22)23)26(16(27)20(24,25)33(28,29)30)18-8-12-5-13(9-18)7-14(6-12)10-18/h12-15H,2-11H2,1H3,(H,28,29,30)/p-1. The Balaban J connectivity index is 1.81. The first-order valence-corrected chi connectivity index (χ1v) is 12.5. The zero-order chi connectivity index (χ0) is 24.4. The number of carbonyl (C=O) groups is 1. The molecular formula is C20H27F5NO6S-. The molecule has 4 aliphatic carbocycles. The Bertz CT molecular complexity index is 851. The minimum Gasteiger partial charge on any atom is -0.743 e. The molecule has 1 heterocycles. The third-order valence-corrected chi connectivity index (χ3v) is 8.46. The molecule has 1 aliphatic heterocycles. The minimum atomic E-state index is -6.55. The Kier molecular flexibility index (Phi) is 6.07. The van der Waals surface area contributed by atoms with E-state index < -0.39 is 51.2 Å². The third-order valence-electron chi connectivity index (χ3n) is 7.66. The highest BCUT2D eigenvalue weighted by Gasteiger charge is 2.65. The molecule has 0 aromatic heterocycles.